The van der Waals surface area contributed by atoms with Gasteiger partial charge in [-0.3, -0.25) is 9.50 Å². The minimum absolute atomic E-state index is 0. The Labute approximate surface area is 211 Å². The number of nitrogens with zero attached hydrogens (tertiary/aromatic N) is 5. The normalized spacial score (nSPS) is 12.7. The van der Waals surface area contributed by atoms with Gasteiger partial charge in [-0.1, -0.05) is 16.8 Å². The molecule has 0 atom stereocenters. The summed E-state index contributed by atoms with van der Waals surface area (Å²) in [6.07, 6.45) is 7.54. The summed E-state index contributed by atoms with van der Waals surface area (Å²) in [5.74, 6) is 1.12. The Morgan fingerprint density at radius 3 is 2.67 bits per heavy atom. The number of hydrogen-bond donors (Lipinski definition) is 1. The number of rotatable bonds is 4. The predicted molar refractivity (Wildman–Crippen MR) is 130 cm³/mol. The van der Waals surface area contributed by atoms with E-state index < -0.39 is 5.82 Å². The highest BCUT2D eigenvalue weighted by Crippen LogP contribution is 2.39. The lowest BCUT2D eigenvalue weighted by Crippen LogP contribution is -1.93. The molecule has 5 aromatic rings. The van der Waals surface area contributed by atoms with E-state index in [0.717, 1.165) is 35.3 Å². The molecular weight excluding hydrogens is 513 g/mol. The third-order valence-corrected chi connectivity index (χ3v) is 5.48. The predicted octanol–water partition coefficient (Wildman–Crippen LogP) is 6.38. The number of nitrogens with one attached hydrogen (secondary N) is 1. The highest BCUT2D eigenvalue weighted by molar-refractivity contribution is 6.30. The molecule has 1 N–H and O–H groups in total. The van der Waals surface area contributed by atoms with Crippen LogP contribution in [0.25, 0.3) is 39.5 Å². The number of hydrogen-bond acceptors (Lipinski definition) is 5. The largest absolute Gasteiger partial charge is 0.339 e. The molecule has 0 radical (unpaired) electrons. The van der Waals surface area contributed by atoms with Crippen LogP contribution in [0.2, 0.25) is 5.02 Å². The van der Waals surface area contributed by atoms with Crippen LogP contribution in [0.4, 0.5) is 4.39 Å². The maximum absolute atomic E-state index is 14.5. The van der Waals surface area contributed by atoms with Gasteiger partial charge in [-0.2, -0.15) is 10.1 Å². The molecule has 0 aliphatic heterocycles. The van der Waals surface area contributed by atoms with Crippen molar-refractivity contribution in [1.82, 2.24) is 29.7 Å². The minimum atomic E-state index is -0.431. The van der Waals surface area contributed by atoms with Crippen molar-refractivity contribution in [2.45, 2.75) is 18.8 Å². The molecule has 1 aliphatic carbocycles. The van der Waals surface area contributed by atoms with Gasteiger partial charge in [-0.05, 0) is 43.2 Å². The van der Waals surface area contributed by atoms with Crippen LogP contribution < -0.4 is 0 Å². The Hall–Kier alpha value is -2.65. The first kappa shape index (κ1) is 25.0. The summed E-state index contributed by atoms with van der Waals surface area (Å²) in [6, 6.07) is 8.34. The van der Waals surface area contributed by atoms with Crippen LogP contribution in [-0.2, 0) is 0 Å². The lowest BCUT2D eigenvalue weighted by Gasteiger charge is -2.06. The lowest BCUT2D eigenvalue weighted by atomic mass is 10.0. The van der Waals surface area contributed by atoms with Gasteiger partial charge in [0.25, 0.3) is 0 Å². The molecule has 7 nitrogen and oxygen atoms in total. The summed E-state index contributed by atoms with van der Waals surface area (Å²) in [7, 11) is 0. The quantitative estimate of drug-likeness (QED) is 0.292. The fourth-order valence-corrected chi connectivity index (χ4v) is 3.70. The van der Waals surface area contributed by atoms with Crippen molar-refractivity contribution < 1.29 is 8.91 Å². The molecule has 4 aromatic heterocycles. The number of halogens is 5. The first-order valence-corrected chi connectivity index (χ1v) is 9.86. The highest BCUT2D eigenvalue weighted by Gasteiger charge is 2.30. The van der Waals surface area contributed by atoms with Crippen molar-refractivity contribution in [2.75, 3.05) is 0 Å². The van der Waals surface area contributed by atoms with Gasteiger partial charge >= 0.3 is 0 Å². The van der Waals surface area contributed by atoms with Crippen LogP contribution in [0.1, 0.15) is 24.7 Å². The van der Waals surface area contributed by atoms with Crippen molar-refractivity contribution >= 4 is 54.5 Å². The fraction of sp³-hybridized carbons (Fsp3) is 0.143. The monoisotopic (exact) mass is 528 g/mol. The number of fused-ring (bicyclic) bond motifs is 1. The van der Waals surface area contributed by atoms with Crippen LogP contribution in [0.3, 0.4) is 0 Å². The van der Waals surface area contributed by atoms with Crippen molar-refractivity contribution in [3.8, 4) is 33.9 Å². The highest BCUT2D eigenvalue weighted by atomic mass is 35.5. The molecule has 6 rings (SSSR count). The van der Waals surface area contributed by atoms with Crippen LogP contribution >= 0.6 is 48.8 Å². The first-order valence-electron chi connectivity index (χ1n) is 9.48. The number of aromatic nitrogens is 6. The third kappa shape index (κ3) is 4.44. The average Bonchev–Trinajstić information content (AvgIpc) is 3.15. The van der Waals surface area contributed by atoms with E-state index >= 15 is 0 Å². The molecular formula is C21H17Cl4FN6O. The zero-order chi connectivity index (χ0) is 20.2. The standard InChI is InChI=1S/C21H14ClFN6O.3ClH/c22-13-4-5-14(16(23)7-13)19-15(8-25-27-19)12-3-6-18-24-9-17(29(18)10-12)20-26-21(30-28-20)11-1-2-11;;;/h3-11H,1-2H2,(H,25,27);3*1H. The van der Waals surface area contributed by atoms with Crippen LogP contribution in [0.5, 0.6) is 0 Å². The van der Waals surface area contributed by atoms with E-state index in [1.54, 1.807) is 24.5 Å². The second-order valence-electron chi connectivity index (χ2n) is 7.29. The van der Waals surface area contributed by atoms with E-state index in [1.807, 2.05) is 22.7 Å². The molecule has 33 heavy (non-hydrogen) atoms. The maximum Gasteiger partial charge on any atom is 0.230 e. The van der Waals surface area contributed by atoms with E-state index in [2.05, 4.69) is 25.3 Å². The van der Waals surface area contributed by atoms with Crippen molar-refractivity contribution in [2.24, 2.45) is 0 Å². The lowest BCUT2D eigenvalue weighted by molar-refractivity contribution is 0.380. The molecule has 0 bridgehead atoms. The molecule has 1 saturated carbocycles. The number of pyridine rings is 1. The molecule has 1 aromatic carbocycles. The summed E-state index contributed by atoms with van der Waals surface area (Å²) in [6.45, 7) is 0. The first-order chi connectivity index (χ1) is 14.7. The van der Waals surface area contributed by atoms with E-state index in [0.29, 0.717) is 33.9 Å². The second-order valence-corrected chi connectivity index (χ2v) is 7.73. The van der Waals surface area contributed by atoms with Crippen LogP contribution in [-0.4, -0.2) is 29.7 Å². The fourth-order valence-electron chi connectivity index (χ4n) is 3.54. The van der Waals surface area contributed by atoms with Gasteiger partial charge in [0.05, 0.1) is 6.20 Å². The van der Waals surface area contributed by atoms with E-state index in [-0.39, 0.29) is 37.2 Å². The van der Waals surface area contributed by atoms with Crippen LogP contribution in [0, 0.1) is 5.82 Å². The van der Waals surface area contributed by atoms with Gasteiger partial charge in [0.1, 0.15) is 22.9 Å². The van der Waals surface area contributed by atoms with Gasteiger partial charge in [0.15, 0.2) is 0 Å². The maximum atomic E-state index is 14.5. The molecule has 0 amide bonds. The molecule has 0 saturated heterocycles. The Balaban J connectivity index is 0.00000102. The number of benzene rings is 1. The second kappa shape index (κ2) is 9.69. The molecule has 1 fully saturated rings. The molecule has 0 spiro atoms. The number of imidazole rings is 1. The summed E-state index contributed by atoms with van der Waals surface area (Å²) in [5, 5.41) is 11.5. The summed E-state index contributed by atoms with van der Waals surface area (Å²) in [5.41, 5.74) is 3.93. The van der Waals surface area contributed by atoms with Crippen molar-refractivity contribution in [3.63, 3.8) is 0 Å². The summed E-state index contributed by atoms with van der Waals surface area (Å²) >= 11 is 5.89. The molecule has 12 heteroatoms. The Morgan fingerprint density at radius 1 is 1.09 bits per heavy atom. The van der Waals surface area contributed by atoms with Gasteiger partial charge in [0, 0.05) is 40.0 Å². The SMILES string of the molecule is Cl.Cl.Cl.Fc1cc(Cl)ccc1-c1n[nH]cc1-c1ccc2ncc(-c3noc(C4CC4)n3)n2c1. The molecule has 0 unspecified atom stereocenters. The topological polar surface area (TPSA) is 84.9 Å². The Kier molecular flexibility index (Phi) is 7.33. The zero-order valence-electron chi connectivity index (χ0n) is 16.7. The number of H-pyrrole nitrogens is 1. The van der Waals surface area contributed by atoms with E-state index in [4.69, 9.17) is 16.1 Å². The van der Waals surface area contributed by atoms with Crippen molar-refractivity contribution in [1.29, 1.82) is 0 Å². The molecule has 4 heterocycles. The Bertz CT molecular complexity index is 1410. The van der Waals surface area contributed by atoms with Gasteiger partial charge in [-0.15, -0.1) is 37.2 Å². The smallest absolute Gasteiger partial charge is 0.230 e. The molecule has 172 valence electrons. The Morgan fingerprint density at radius 2 is 1.91 bits per heavy atom. The van der Waals surface area contributed by atoms with Crippen molar-refractivity contribution in [3.05, 3.63) is 65.7 Å². The summed E-state index contributed by atoms with van der Waals surface area (Å²) in [4.78, 5) is 8.96. The van der Waals surface area contributed by atoms with Crippen LogP contribution in [0.15, 0.2) is 53.4 Å². The third-order valence-electron chi connectivity index (χ3n) is 5.24. The van der Waals surface area contributed by atoms with E-state index in [9.17, 15) is 4.39 Å². The average molecular weight is 530 g/mol. The summed E-state index contributed by atoms with van der Waals surface area (Å²) < 4.78 is 21.8. The zero-order valence-corrected chi connectivity index (χ0v) is 19.9. The van der Waals surface area contributed by atoms with Gasteiger partial charge in [0.2, 0.25) is 11.7 Å². The van der Waals surface area contributed by atoms with E-state index in [1.165, 1.54) is 6.07 Å². The number of aromatic amines is 1. The van der Waals surface area contributed by atoms with Gasteiger partial charge in [-0.25, -0.2) is 9.37 Å². The molecule has 1 aliphatic rings. The van der Waals surface area contributed by atoms with Gasteiger partial charge < -0.3 is 4.52 Å². The minimum Gasteiger partial charge on any atom is -0.339 e.